The Labute approximate surface area is 201 Å². The van der Waals surface area contributed by atoms with Crippen LogP contribution in [0.5, 0.6) is 5.75 Å². The van der Waals surface area contributed by atoms with Crippen molar-refractivity contribution in [3.05, 3.63) is 84.1 Å². The van der Waals surface area contributed by atoms with Gasteiger partial charge in [-0.25, -0.2) is 4.79 Å². The molecule has 0 spiro atoms. The molecule has 0 fully saturated rings. The summed E-state index contributed by atoms with van der Waals surface area (Å²) in [5.74, 6) is 2.26. The zero-order valence-electron chi connectivity index (χ0n) is 19.0. The molecule has 9 heteroatoms. The predicted octanol–water partition coefficient (Wildman–Crippen LogP) is 4.84. The van der Waals surface area contributed by atoms with E-state index >= 15 is 0 Å². The van der Waals surface area contributed by atoms with Gasteiger partial charge in [0.15, 0.2) is 11.0 Å². The topological polar surface area (TPSA) is 88.6 Å². The summed E-state index contributed by atoms with van der Waals surface area (Å²) in [5.41, 5.74) is 2.10. The van der Waals surface area contributed by atoms with Crippen LogP contribution in [0.25, 0.3) is 11.1 Å². The summed E-state index contributed by atoms with van der Waals surface area (Å²) in [6.07, 6.45) is 0. The number of methoxy groups -OCH3 is 2. The van der Waals surface area contributed by atoms with Gasteiger partial charge >= 0.3 is 5.97 Å². The first-order valence-corrected chi connectivity index (χ1v) is 11.7. The van der Waals surface area contributed by atoms with Crippen molar-refractivity contribution in [2.45, 2.75) is 24.1 Å². The number of furan rings is 1. The maximum atomic E-state index is 11.6. The van der Waals surface area contributed by atoms with E-state index < -0.39 is 5.97 Å². The molecule has 0 aliphatic rings. The van der Waals surface area contributed by atoms with E-state index in [4.69, 9.17) is 13.9 Å². The van der Waals surface area contributed by atoms with Gasteiger partial charge in [-0.05, 0) is 23.8 Å². The Morgan fingerprint density at radius 3 is 2.59 bits per heavy atom. The van der Waals surface area contributed by atoms with Gasteiger partial charge in [0.2, 0.25) is 5.76 Å². The smallest absolute Gasteiger partial charge is 0.373 e. The highest BCUT2D eigenvalue weighted by Gasteiger charge is 2.16. The van der Waals surface area contributed by atoms with E-state index in [9.17, 15) is 4.79 Å². The van der Waals surface area contributed by atoms with Crippen LogP contribution in [0, 0.1) is 0 Å². The lowest BCUT2D eigenvalue weighted by atomic mass is 10.1. The molecule has 0 saturated heterocycles. The minimum Gasteiger partial charge on any atom is -0.485 e. The number of ether oxygens (including phenoxy) is 3. The molecule has 176 valence electrons. The van der Waals surface area contributed by atoms with Gasteiger partial charge in [-0.1, -0.05) is 60.3 Å². The Morgan fingerprint density at radius 1 is 1.00 bits per heavy atom. The van der Waals surface area contributed by atoms with Crippen molar-refractivity contribution in [1.82, 2.24) is 14.8 Å². The van der Waals surface area contributed by atoms with Gasteiger partial charge in [0.1, 0.15) is 18.1 Å². The number of hydrogen-bond acceptors (Lipinski definition) is 8. The number of nitrogens with zero attached hydrogens (tertiary/aromatic N) is 3. The predicted molar refractivity (Wildman–Crippen MR) is 128 cm³/mol. The minimum absolute atomic E-state index is 0.171. The highest BCUT2D eigenvalue weighted by molar-refractivity contribution is 7.98. The lowest BCUT2D eigenvalue weighted by Gasteiger charge is -2.13. The maximum Gasteiger partial charge on any atom is 0.373 e. The second-order valence-corrected chi connectivity index (χ2v) is 8.18. The molecule has 0 aliphatic carbocycles. The number of thioether (sulfide) groups is 1. The zero-order chi connectivity index (χ0) is 23.8. The van der Waals surface area contributed by atoms with Gasteiger partial charge in [0.25, 0.3) is 0 Å². The lowest BCUT2D eigenvalue weighted by molar-refractivity contribution is 0.0563. The third-order valence-electron chi connectivity index (χ3n) is 5.03. The third kappa shape index (κ3) is 5.67. The number of carbonyl (C=O) groups excluding carboxylic acids is 1. The van der Waals surface area contributed by atoms with Gasteiger partial charge < -0.3 is 23.2 Å². The van der Waals surface area contributed by atoms with E-state index in [1.807, 2.05) is 47.0 Å². The van der Waals surface area contributed by atoms with Crippen LogP contribution in [0.2, 0.25) is 0 Å². The molecule has 2 aromatic carbocycles. The van der Waals surface area contributed by atoms with Crippen LogP contribution in [-0.4, -0.2) is 41.6 Å². The summed E-state index contributed by atoms with van der Waals surface area (Å²) < 4.78 is 23.7. The van der Waals surface area contributed by atoms with E-state index in [-0.39, 0.29) is 12.4 Å². The summed E-state index contributed by atoms with van der Waals surface area (Å²) in [7, 11) is 2.97. The van der Waals surface area contributed by atoms with Crippen molar-refractivity contribution in [2.75, 3.05) is 20.8 Å². The fraction of sp³-hybridized carbons (Fsp3) is 0.240. The summed E-state index contributed by atoms with van der Waals surface area (Å²) in [5, 5.41) is 9.41. The molecule has 2 aromatic heterocycles. The Morgan fingerprint density at radius 2 is 1.79 bits per heavy atom. The van der Waals surface area contributed by atoms with Crippen molar-refractivity contribution in [1.29, 1.82) is 0 Å². The molecule has 0 N–H and O–H groups in total. The average Bonchev–Trinajstić information content (AvgIpc) is 3.52. The van der Waals surface area contributed by atoms with Gasteiger partial charge in [0.05, 0.1) is 19.5 Å². The normalized spacial score (nSPS) is 10.9. The van der Waals surface area contributed by atoms with Gasteiger partial charge in [0, 0.05) is 19.2 Å². The molecule has 4 rings (SSSR count). The van der Waals surface area contributed by atoms with Gasteiger partial charge in [-0.3, -0.25) is 0 Å². The number of carbonyl (C=O) groups is 1. The van der Waals surface area contributed by atoms with E-state index in [1.165, 1.54) is 18.9 Å². The summed E-state index contributed by atoms with van der Waals surface area (Å²) in [6.45, 7) is 1.34. The first-order valence-electron chi connectivity index (χ1n) is 10.7. The first kappa shape index (κ1) is 23.6. The molecule has 0 radical (unpaired) electrons. The monoisotopic (exact) mass is 479 g/mol. The number of esters is 1. The number of para-hydroxylation sites is 1. The van der Waals surface area contributed by atoms with Crippen molar-refractivity contribution in [3.8, 4) is 16.9 Å². The highest BCUT2D eigenvalue weighted by Crippen LogP contribution is 2.30. The first-order chi connectivity index (χ1) is 16.7. The molecular formula is C25H25N3O5S. The quantitative estimate of drug-likeness (QED) is 0.223. The van der Waals surface area contributed by atoms with Gasteiger partial charge in [-0.2, -0.15) is 0 Å². The number of hydrogen-bond donors (Lipinski definition) is 0. The molecule has 0 saturated carbocycles. The fourth-order valence-corrected chi connectivity index (χ4v) is 4.21. The minimum atomic E-state index is -0.505. The molecule has 0 unspecified atom stereocenters. The van der Waals surface area contributed by atoms with Crippen LogP contribution in [0.3, 0.4) is 0 Å². The van der Waals surface area contributed by atoms with Crippen LogP contribution in [0.1, 0.15) is 22.1 Å². The maximum absolute atomic E-state index is 11.6. The van der Waals surface area contributed by atoms with Crippen LogP contribution in [0.15, 0.2) is 76.3 Å². The van der Waals surface area contributed by atoms with Crippen LogP contribution >= 0.6 is 11.8 Å². The second-order valence-electron chi connectivity index (χ2n) is 7.24. The molecule has 0 bridgehead atoms. The summed E-state index contributed by atoms with van der Waals surface area (Å²) in [6, 6.07) is 21.4. The van der Waals surface area contributed by atoms with Crippen molar-refractivity contribution < 1.29 is 23.4 Å². The Kier molecular flexibility index (Phi) is 8.00. The molecule has 0 amide bonds. The molecular weight excluding hydrogens is 454 g/mol. The van der Waals surface area contributed by atoms with Crippen LogP contribution in [-0.2, 0) is 28.4 Å². The standard InChI is InChI=1S/C25H25N3O5S/c1-30-15-14-28-23(16-32-21-11-7-6-10-20(21)18-8-4-3-5-9-18)26-27-25(28)34-17-19-12-13-22(33-19)24(29)31-2/h3-13H,14-17H2,1-2H3. The molecule has 0 atom stereocenters. The molecule has 0 aliphatic heterocycles. The highest BCUT2D eigenvalue weighted by atomic mass is 32.2. The largest absolute Gasteiger partial charge is 0.485 e. The van der Waals surface area contributed by atoms with Crippen molar-refractivity contribution >= 4 is 17.7 Å². The fourth-order valence-electron chi connectivity index (χ4n) is 3.33. The molecule has 34 heavy (non-hydrogen) atoms. The second kappa shape index (κ2) is 11.5. The number of aromatic nitrogens is 3. The van der Waals surface area contributed by atoms with E-state index in [0.29, 0.717) is 35.6 Å². The molecule has 8 nitrogen and oxygen atoms in total. The van der Waals surface area contributed by atoms with Gasteiger partial charge in [-0.15, -0.1) is 10.2 Å². The Balaban J connectivity index is 1.48. The lowest BCUT2D eigenvalue weighted by Crippen LogP contribution is -2.12. The van der Waals surface area contributed by atoms with E-state index in [1.54, 1.807) is 19.2 Å². The van der Waals surface area contributed by atoms with Crippen molar-refractivity contribution in [3.63, 3.8) is 0 Å². The SMILES string of the molecule is COCCn1c(COc2ccccc2-c2ccccc2)nnc1SCc1ccc(C(=O)OC)o1. The molecule has 4 aromatic rings. The summed E-state index contributed by atoms with van der Waals surface area (Å²) in [4.78, 5) is 11.6. The average molecular weight is 480 g/mol. The number of rotatable bonds is 11. The molecule has 2 heterocycles. The third-order valence-corrected chi connectivity index (χ3v) is 6.02. The summed E-state index contributed by atoms with van der Waals surface area (Å²) >= 11 is 1.46. The van der Waals surface area contributed by atoms with Crippen LogP contribution < -0.4 is 4.74 Å². The van der Waals surface area contributed by atoms with Crippen molar-refractivity contribution in [2.24, 2.45) is 0 Å². The van der Waals surface area contributed by atoms with E-state index in [2.05, 4.69) is 27.1 Å². The zero-order valence-corrected chi connectivity index (χ0v) is 19.8. The number of benzene rings is 2. The Bertz CT molecular complexity index is 1220. The Hall–Kier alpha value is -3.56. The van der Waals surface area contributed by atoms with Crippen LogP contribution in [0.4, 0.5) is 0 Å². The van der Waals surface area contributed by atoms with E-state index in [0.717, 1.165) is 16.9 Å².